The van der Waals surface area contributed by atoms with Crippen LogP contribution in [0.4, 0.5) is 0 Å². The van der Waals surface area contributed by atoms with E-state index >= 15 is 0 Å². The van der Waals surface area contributed by atoms with Crippen LogP contribution in [0.1, 0.15) is 99.5 Å². The normalized spacial score (nSPS) is 11.0. The number of pyridine rings is 1. The summed E-state index contributed by atoms with van der Waals surface area (Å²) in [5.74, 6) is 0.183. The molecular weight excluding hydrogens is 458 g/mol. The largest absolute Gasteiger partial charge is 0.423 e. The zero-order valence-corrected chi connectivity index (χ0v) is 22.7. The van der Waals surface area contributed by atoms with Gasteiger partial charge in [0.2, 0.25) is 0 Å². The lowest BCUT2D eigenvalue weighted by Gasteiger charge is -2.08. The molecule has 0 atom stereocenters. The molecule has 37 heavy (non-hydrogen) atoms. The SMILES string of the molecule is CCCCCCCCCOCc1ccc(-c2ccc(OC(=O)c3ccc(CCCCC)cc3)cc2)nc1. The van der Waals surface area contributed by atoms with E-state index in [0.717, 1.165) is 36.3 Å². The van der Waals surface area contributed by atoms with E-state index in [1.807, 2.05) is 60.8 Å². The zero-order chi connectivity index (χ0) is 26.1. The molecule has 1 aromatic heterocycles. The van der Waals surface area contributed by atoms with E-state index in [1.54, 1.807) is 0 Å². The summed E-state index contributed by atoms with van der Waals surface area (Å²) >= 11 is 0. The maximum absolute atomic E-state index is 12.5. The first-order valence-corrected chi connectivity index (χ1v) is 14.1. The Hall–Kier alpha value is -2.98. The van der Waals surface area contributed by atoms with E-state index in [2.05, 4.69) is 24.9 Å². The minimum atomic E-state index is -0.341. The van der Waals surface area contributed by atoms with Gasteiger partial charge < -0.3 is 9.47 Å². The molecule has 4 heteroatoms. The summed E-state index contributed by atoms with van der Waals surface area (Å²) in [4.78, 5) is 17.1. The number of esters is 1. The molecule has 4 nitrogen and oxygen atoms in total. The minimum Gasteiger partial charge on any atom is -0.423 e. The van der Waals surface area contributed by atoms with Crippen LogP contribution >= 0.6 is 0 Å². The van der Waals surface area contributed by atoms with Crippen molar-refractivity contribution in [1.82, 2.24) is 4.98 Å². The van der Waals surface area contributed by atoms with Crippen LogP contribution in [0.5, 0.6) is 5.75 Å². The highest BCUT2D eigenvalue weighted by molar-refractivity contribution is 5.91. The predicted octanol–water partition coefficient (Wildman–Crippen LogP) is 8.97. The third-order valence-electron chi connectivity index (χ3n) is 6.60. The first-order chi connectivity index (χ1) is 18.2. The van der Waals surface area contributed by atoms with Crippen molar-refractivity contribution >= 4 is 5.97 Å². The summed E-state index contributed by atoms with van der Waals surface area (Å²) in [6.45, 7) is 5.85. The highest BCUT2D eigenvalue weighted by atomic mass is 16.5. The molecule has 0 aliphatic heterocycles. The van der Waals surface area contributed by atoms with Gasteiger partial charge in [0.1, 0.15) is 5.75 Å². The molecule has 3 aromatic rings. The monoisotopic (exact) mass is 501 g/mol. The van der Waals surface area contributed by atoms with Crippen molar-refractivity contribution in [2.45, 2.75) is 91.1 Å². The number of unbranched alkanes of at least 4 members (excludes halogenated alkanes) is 8. The van der Waals surface area contributed by atoms with Crippen molar-refractivity contribution < 1.29 is 14.3 Å². The third-order valence-corrected chi connectivity index (χ3v) is 6.60. The molecule has 0 aliphatic carbocycles. The molecule has 0 amide bonds. The maximum atomic E-state index is 12.5. The Kier molecular flexibility index (Phi) is 12.9. The van der Waals surface area contributed by atoms with Crippen LogP contribution in [-0.2, 0) is 17.8 Å². The molecule has 0 saturated carbocycles. The first kappa shape index (κ1) is 28.6. The van der Waals surface area contributed by atoms with E-state index in [1.165, 1.54) is 63.4 Å². The number of carbonyl (C=O) groups excluding carboxylic acids is 1. The summed E-state index contributed by atoms with van der Waals surface area (Å²) in [5.41, 5.74) is 4.76. The lowest BCUT2D eigenvalue weighted by atomic mass is 10.1. The van der Waals surface area contributed by atoms with Gasteiger partial charge in [-0.25, -0.2) is 4.79 Å². The molecule has 2 aromatic carbocycles. The van der Waals surface area contributed by atoms with Crippen molar-refractivity contribution in [3.05, 3.63) is 83.6 Å². The van der Waals surface area contributed by atoms with Crippen LogP contribution in [-0.4, -0.2) is 17.6 Å². The van der Waals surface area contributed by atoms with Gasteiger partial charge in [0.05, 0.1) is 17.9 Å². The van der Waals surface area contributed by atoms with Crippen molar-refractivity contribution in [3.8, 4) is 17.0 Å². The van der Waals surface area contributed by atoms with E-state index < -0.39 is 0 Å². The molecule has 0 fully saturated rings. The van der Waals surface area contributed by atoms with Gasteiger partial charge in [0.25, 0.3) is 0 Å². The zero-order valence-electron chi connectivity index (χ0n) is 22.7. The summed E-state index contributed by atoms with van der Waals surface area (Å²) < 4.78 is 11.4. The molecule has 1 heterocycles. The summed E-state index contributed by atoms with van der Waals surface area (Å²) in [6.07, 6.45) is 15.6. The third kappa shape index (κ3) is 10.5. The van der Waals surface area contributed by atoms with Gasteiger partial charge in [-0.05, 0) is 72.9 Å². The minimum absolute atomic E-state index is 0.341. The van der Waals surface area contributed by atoms with Crippen molar-refractivity contribution in [1.29, 1.82) is 0 Å². The highest BCUT2D eigenvalue weighted by Crippen LogP contribution is 2.22. The van der Waals surface area contributed by atoms with Crippen molar-refractivity contribution in [2.75, 3.05) is 6.61 Å². The predicted molar refractivity (Wildman–Crippen MR) is 152 cm³/mol. The van der Waals surface area contributed by atoms with Crippen molar-refractivity contribution in [2.24, 2.45) is 0 Å². The van der Waals surface area contributed by atoms with Gasteiger partial charge in [0, 0.05) is 18.4 Å². The van der Waals surface area contributed by atoms with Gasteiger partial charge in [-0.2, -0.15) is 0 Å². The molecule has 0 saturated heterocycles. The van der Waals surface area contributed by atoms with Gasteiger partial charge in [0.15, 0.2) is 0 Å². The Morgan fingerprint density at radius 3 is 2.03 bits per heavy atom. The van der Waals surface area contributed by atoms with Gasteiger partial charge in [-0.15, -0.1) is 0 Å². The number of aromatic nitrogens is 1. The van der Waals surface area contributed by atoms with Crippen molar-refractivity contribution in [3.63, 3.8) is 0 Å². The number of nitrogens with zero attached hydrogens (tertiary/aromatic N) is 1. The first-order valence-electron chi connectivity index (χ1n) is 14.1. The van der Waals surface area contributed by atoms with Crippen LogP contribution < -0.4 is 4.74 Å². The molecular formula is C33H43NO3. The van der Waals surface area contributed by atoms with E-state index in [-0.39, 0.29) is 5.97 Å². The molecule has 0 aliphatic rings. The molecule has 0 bridgehead atoms. The van der Waals surface area contributed by atoms with E-state index in [4.69, 9.17) is 9.47 Å². The fraction of sp³-hybridized carbons (Fsp3) is 0.455. The number of hydrogen-bond donors (Lipinski definition) is 0. The van der Waals surface area contributed by atoms with Crippen LogP contribution in [0.3, 0.4) is 0 Å². The number of ether oxygens (including phenoxy) is 2. The molecule has 0 N–H and O–H groups in total. The second kappa shape index (κ2) is 16.7. The van der Waals surface area contributed by atoms with Crippen LogP contribution in [0.15, 0.2) is 66.9 Å². The Morgan fingerprint density at radius 2 is 1.35 bits per heavy atom. The lowest BCUT2D eigenvalue weighted by molar-refractivity contribution is 0.0734. The van der Waals surface area contributed by atoms with E-state index in [9.17, 15) is 4.79 Å². The average molecular weight is 502 g/mol. The standard InChI is InChI=1S/C33H43NO3/c1-3-5-7-8-9-10-12-24-36-26-28-16-23-32(34-25-28)29-19-21-31(22-20-29)37-33(35)30-17-14-27(15-18-30)13-11-6-4-2/h14-23,25H,3-13,24,26H2,1-2H3. The number of carbonyl (C=O) groups is 1. The summed E-state index contributed by atoms with van der Waals surface area (Å²) in [6, 6.07) is 19.3. The van der Waals surface area contributed by atoms with Crippen LogP contribution in [0.2, 0.25) is 0 Å². The second-order valence-corrected chi connectivity index (χ2v) is 9.79. The topological polar surface area (TPSA) is 48.4 Å². The Morgan fingerprint density at radius 1 is 0.703 bits per heavy atom. The van der Waals surface area contributed by atoms with Gasteiger partial charge in [-0.3, -0.25) is 4.98 Å². The fourth-order valence-corrected chi connectivity index (χ4v) is 4.28. The molecule has 0 radical (unpaired) electrons. The Balaban J connectivity index is 1.40. The van der Waals surface area contributed by atoms with E-state index in [0.29, 0.717) is 17.9 Å². The molecule has 0 spiro atoms. The van der Waals surface area contributed by atoms with Gasteiger partial charge >= 0.3 is 5.97 Å². The molecule has 0 unspecified atom stereocenters. The number of aryl methyl sites for hydroxylation is 1. The fourth-order valence-electron chi connectivity index (χ4n) is 4.28. The van der Waals surface area contributed by atoms with Crippen LogP contribution in [0, 0.1) is 0 Å². The number of rotatable bonds is 17. The Labute approximate surface area is 223 Å². The number of benzene rings is 2. The Bertz CT molecular complexity index is 1030. The van der Waals surface area contributed by atoms with Gasteiger partial charge in [-0.1, -0.05) is 83.4 Å². The highest BCUT2D eigenvalue weighted by Gasteiger charge is 2.09. The smallest absolute Gasteiger partial charge is 0.343 e. The summed E-state index contributed by atoms with van der Waals surface area (Å²) in [7, 11) is 0. The quantitative estimate of drug-likeness (QED) is 0.105. The summed E-state index contributed by atoms with van der Waals surface area (Å²) in [5, 5.41) is 0. The average Bonchev–Trinajstić information content (AvgIpc) is 2.93. The number of hydrogen-bond acceptors (Lipinski definition) is 4. The lowest BCUT2D eigenvalue weighted by Crippen LogP contribution is -2.08. The second-order valence-electron chi connectivity index (χ2n) is 9.79. The van der Waals surface area contributed by atoms with Crippen LogP contribution in [0.25, 0.3) is 11.3 Å². The molecule has 198 valence electrons. The molecule has 3 rings (SSSR count). The maximum Gasteiger partial charge on any atom is 0.343 e.